The van der Waals surface area contributed by atoms with Gasteiger partial charge in [0.2, 0.25) is 5.88 Å². The number of carbonyl (C=O) groups excluding carboxylic acids is 1. The maximum absolute atomic E-state index is 13.3. The minimum absolute atomic E-state index is 0. The molecule has 1 N–H and O–H groups in total. The summed E-state index contributed by atoms with van der Waals surface area (Å²) >= 11 is 0. The Hall–Kier alpha value is -4.04. The number of nitrogens with zero attached hydrogens (tertiary/aromatic N) is 2. The van der Waals surface area contributed by atoms with Crippen LogP contribution in [0.25, 0.3) is 11.3 Å². The first-order valence-electron chi connectivity index (χ1n) is 11.8. The molecule has 2 aromatic heterocycles. The van der Waals surface area contributed by atoms with Crippen molar-refractivity contribution >= 4 is 15.9 Å². The summed E-state index contributed by atoms with van der Waals surface area (Å²) in [5, 5.41) is -0.242. The summed E-state index contributed by atoms with van der Waals surface area (Å²) in [7, 11) is -4.21. The van der Waals surface area contributed by atoms with Crippen molar-refractivity contribution in [2.75, 3.05) is 0 Å². The smallest absolute Gasteiger partial charge is 0.281 e. The average Bonchev–Trinajstić information content (AvgIpc) is 2.82. The zero-order chi connectivity index (χ0) is 26.9. The molecular formula is C29H33N3O4S. The van der Waals surface area contributed by atoms with Gasteiger partial charge < -0.3 is 4.74 Å². The highest BCUT2D eigenvalue weighted by atomic mass is 32.2. The number of aryl methyl sites for hydroxylation is 6. The van der Waals surface area contributed by atoms with Crippen molar-refractivity contribution in [3.8, 4) is 22.9 Å². The van der Waals surface area contributed by atoms with E-state index in [0.29, 0.717) is 17.1 Å². The average molecular weight is 520 g/mol. The zero-order valence-corrected chi connectivity index (χ0v) is 22.5. The molecule has 194 valence electrons. The Kier molecular flexibility index (Phi) is 7.14. The molecule has 0 saturated heterocycles. The third-order valence-corrected chi connectivity index (χ3v) is 7.31. The fourth-order valence-corrected chi connectivity index (χ4v) is 5.05. The summed E-state index contributed by atoms with van der Waals surface area (Å²) in [6, 6.07) is 17.7. The van der Waals surface area contributed by atoms with Gasteiger partial charge in [-0.05, 0) is 94.1 Å². The number of ether oxygens (including phenoxy) is 1. The molecule has 0 saturated carbocycles. The molecule has 7 nitrogen and oxygen atoms in total. The van der Waals surface area contributed by atoms with Gasteiger partial charge in [0, 0.05) is 14.1 Å². The van der Waals surface area contributed by atoms with Crippen molar-refractivity contribution in [3.05, 3.63) is 99.7 Å². The van der Waals surface area contributed by atoms with Crippen LogP contribution in [0, 0.1) is 41.5 Å². The second-order valence-corrected chi connectivity index (χ2v) is 10.9. The molecule has 4 rings (SSSR count). The van der Waals surface area contributed by atoms with Crippen LogP contribution in [0.5, 0.6) is 11.6 Å². The highest BCUT2D eigenvalue weighted by Crippen LogP contribution is 2.33. The molecule has 2 aromatic carbocycles. The lowest BCUT2D eigenvalue weighted by Crippen LogP contribution is -2.31. The Balaban J connectivity index is 0.00000267. The maximum Gasteiger partial charge on any atom is 0.281 e. The Morgan fingerprint density at radius 2 is 1.51 bits per heavy atom. The Morgan fingerprint density at radius 3 is 2.16 bits per heavy atom. The summed E-state index contributed by atoms with van der Waals surface area (Å²) in [5.74, 6) is -0.289. The molecule has 2 heterocycles. The van der Waals surface area contributed by atoms with E-state index in [4.69, 9.17) is 4.74 Å². The molecule has 8 heteroatoms. The van der Waals surface area contributed by atoms with Gasteiger partial charge in [-0.25, -0.2) is 14.7 Å². The summed E-state index contributed by atoms with van der Waals surface area (Å²) < 4.78 is 34.1. The van der Waals surface area contributed by atoms with E-state index in [9.17, 15) is 13.2 Å². The molecule has 4 aromatic rings. The normalized spacial score (nSPS) is 11.3. The third-order valence-electron chi connectivity index (χ3n) is 6.08. The fourth-order valence-electron chi connectivity index (χ4n) is 4.07. The minimum atomic E-state index is -4.21. The Bertz CT molecular complexity index is 1620. The highest BCUT2D eigenvalue weighted by molar-refractivity contribution is 7.90. The molecule has 0 radical (unpaired) electrons. The first kappa shape index (κ1) is 26.0. The maximum atomic E-state index is 13.3. The number of benzene rings is 2. The number of carbonyl (C=O) groups is 1. The SMILES string of the molecule is Cc1cc(C)c(Oc2nc(-c3ccc(C)c(C)c3)ccc2C(=O)NS(=O)(=O)c2cccc(C)n2)c(C)c1.[HH].[HH]. The molecule has 0 fully saturated rings. The second-order valence-electron chi connectivity index (χ2n) is 9.23. The van der Waals surface area contributed by atoms with Crippen LogP contribution >= 0.6 is 0 Å². The molecular weight excluding hydrogens is 486 g/mol. The number of sulfonamides is 1. The summed E-state index contributed by atoms with van der Waals surface area (Å²) in [6.45, 7) is 11.5. The van der Waals surface area contributed by atoms with Crippen LogP contribution in [-0.4, -0.2) is 24.3 Å². The lowest BCUT2D eigenvalue weighted by atomic mass is 10.0. The van der Waals surface area contributed by atoms with Crippen LogP contribution in [0.3, 0.4) is 0 Å². The quantitative estimate of drug-likeness (QED) is 0.317. The number of hydrogen-bond donors (Lipinski definition) is 1. The lowest BCUT2D eigenvalue weighted by molar-refractivity contribution is 0.0978. The number of amides is 1. The molecule has 37 heavy (non-hydrogen) atoms. The second kappa shape index (κ2) is 10.1. The Morgan fingerprint density at radius 1 is 0.811 bits per heavy atom. The molecule has 0 aliphatic rings. The van der Waals surface area contributed by atoms with Crippen LogP contribution < -0.4 is 9.46 Å². The lowest BCUT2D eigenvalue weighted by Gasteiger charge is -2.16. The molecule has 0 aliphatic carbocycles. The van der Waals surface area contributed by atoms with Crippen molar-refractivity contribution in [1.82, 2.24) is 14.7 Å². The highest BCUT2D eigenvalue weighted by Gasteiger charge is 2.24. The first-order chi connectivity index (χ1) is 17.4. The minimum Gasteiger partial charge on any atom is -0.438 e. The summed E-state index contributed by atoms with van der Waals surface area (Å²) in [4.78, 5) is 22.0. The zero-order valence-electron chi connectivity index (χ0n) is 21.7. The van der Waals surface area contributed by atoms with Crippen molar-refractivity contribution < 1.29 is 20.8 Å². The molecule has 0 unspecified atom stereocenters. The fraction of sp³-hybridized carbons (Fsp3) is 0.207. The molecule has 0 bridgehead atoms. The van der Waals surface area contributed by atoms with Crippen LogP contribution in [-0.2, 0) is 10.0 Å². The third kappa shape index (κ3) is 5.70. The van der Waals surface area contributed by atoms with Crippen LogP contribution in [0.1, 0.15) is 46.7 Å². The molecule has 0 aliphatic heterocycles. The summed E-state index contributed by atoms with van der Waals surface area (Å²) in [5.41, 5.74) is 7.04. The van der Waals surface area contributed by atoms with E-state index < -0.39 is 15.9 Å². The van der Waals surface area contributed by atoms with E-state index >= 15 is 0 Å². The monoisotopic (exact) mass is 519 g/mol. The van der Waals surface area contributed by atoms with E-state index in [-0.39, 0.29) is 19.3 Å². The molecule has 0 atom stereocenters. The largest absolute Gasteiger partial charge is 0.438 e. The van der Waals surface area contributed by atoms with Crippen molar-refractivity contribution in [1.29, 1.82) is 0 Å². The van der Waals surface area contributed by atoms with E-state index in [1.165, 1.54) is 12.1 Å². The Labute approximate surface area is 220 Å². The van der Waals surface area contributed by atoms with Crippen molar-refractivity contribution in [2.24, 2.45) is 0 Å². The van der Waals surface area contributed by atoms with Gasteiger partial charge in [0.25, 0.3) is 15.9 Å². The van der Waals surface area contributed by atoms with E-state index in [2.05, 4.69) is 14.7 Å². The van der Waals surface area contributed by atoms with E-state index in [0.717, 1.165) is 33.4 Å². The topological polar surface area (TPSA) is 98.2 Å². The van der Waals surface area contributed by atoms with Gasteiger partial charge >= 0.3 is 0 Å². The number of pyridine rings is 2. The van der Waals surface area contributed by atoms with E-state index in [1.54, 1.807) is 25.1 Å². The van der Waals surface area contributed by atoms with Gasteiger partial charge in [-0.1, -0.05) is 35.9 Å². The number of nitrogens with one attached hydrogen (secondary N) is 1. The predicted molar refractivity (Wildman–Crippen MR) is 148 cm³/mol. The molecule has 1 amide bonds. The number of rotatable bonds is 6. The molecule has 0 spiro atoms. The van der Waals surface area contributed by atoms with Crippen molar-refractivity contribution in [3.63, 3.8) is 0 Å². The standard InChI is InChI=1S/C29H29N3O4S.2H2/c1-17-14-20(4)27(21(5)15-17)36-29-24(12-13-25(31-29)23-11-10-18(2)19(3)16-23)28(33)32-37(34,35)26-9-7-8-22(6)30-26;;/h7-16H,1-6H3,(H,32,33);2*1H. The van der Waals surface area contributed by atoms with Crippen LogP contribution in [0.4, 0.5) is 0 Å². The predicted octanol–water partition coefficient (Wildman–Crippen LogP) is 6.40. The van der Waals surface area contributed by atoms with Gasteiger partial charge in [-0.2, -0.15) is 8.42 Å². The van der Waals surface area contributed by atoms with Gasteiger partial charge in [0.05, 0.1) is 5.69 Å². The van der Waals surface area contributed by atoms with Crippen LogP contribution in [0.2, 0.25) is 0 Å². The van der Waals surface area contributed by atoms with Crippen LogP contribution in [0.15, 0.2) is 65.7 Å². The van der Waals surface area contributed by atoms with Gasteiger partial charge in [0.1, 0.15) is 11.3 Å². The van der Waals surface area contributed by atoms with E-state index in [1.807, 2.05) is 65.0 Å². The van der Waals surface area contributed by atoms with Crippen molar-refractivity contribution in [2.45, 2.75) is 46.6 Å². The number of hydrogen-bond acceptors (Lipinski definition) is 6. The van der Waals surface area contributed by atoms with Gasteiger partial charge in [-0.3, -0.25) is 4.79 Å². The van der Waals surface area contributed by atoms with Gasteiger partial charge in [0.15, 0.2) is 5.03 Å². The number of aromatic nitrogens is 2. The first-order valence-corrected chi connectivity index (χ1v) is 13.3. The summed E-state index contributed by atoms with van der Waals surface area (Å²) in [6.07, 6.45) is 0. The van der Waals surface area contributed by atoms with Gasteiger partial charge in [-0.15, -0.1) is 0 Å².